The first-order valence-electron chi connectivity index (χ1n) is 10.9. The van der Waals surface area contributed by atoms with Crippen LogP contribution in [0.1, 0.15) is 35.2 Å². The van der Waals surface area contributed by atoms with Crippen molar-refractivity contribution in [2.45, 2.75) is 32.2 Å². The molecular weight excluding hydrogens is 451 g/mol. The van der Waals surface area contributed by atoms with Crippen LogP contribution < -0.4 is 15.0 Å². The smallest absolute Gasteiger partial charge is 0.324 e. The summed E-state index contributed by atoms with van der Waals surface area (Å²) in [6.45, 7) is 0.413. The molecule has 1 fully saturated rings. The number of rotatable bonds is 8. The quantitative estimate of drug-likeness (QED) is 0.583. The Balaban J connectivity index is 1.83. The van der Waals surface area contributed by atoms with Gasteiger partial charge < -0.3 is 15.0 Å². The lowest BCUT2D eigenvalue weighted by Gasteiger charge is -2.33. The molecule has 0 spiro atoms. The molecule has 1 saturated heterocycles. The molecule has 3 amide bonds. The second-order valence-electron chi connectivity index (χ2n) is 7.84. The van der Waals surface area contributed by atoms with E-state index in [2.05, 4.69) is 0 Å². The molecule has 0 atom stereocenters. The van der Waals surface area contributed by atoms with Crippen LogP contribution in [0.2, 0.25) is 0 Å². The van der Waals surface area contributed by atoms with Gasteiger partial charge in [-0.15, -0.1) is 0 Å². The Morgan fingerprint density at radius 2 is 1.79 bits per heavy atom. The van der Waals surface area contributed by atoms with Crippen LogP contribution in [0.15, 0.2) is 42.5 Å². The Labute approximate surface area is 195 Å². The molecule has 0 saturated carbocycles. The number of amides is 3. The fourth-order valence-electron chi connectivity index (χ4n) is 3.73. The number of halogens is 3. The van der Waals surface area contributed by atoms with E-state index >= 15 is 0 Å². The monoisotopic (exact) mass is 477 g/mol. The van der Waals surface area contributed by atoms with Crippen LogP contribution in [0.4, 0.5) is 23.7 Å². The highest BCUT2D eigenvalue weighted by molar-refractivity contribution is 5.99. The molecule has 2 aromatic rings. The predicted molar refractivity (Wildman–Crippen MR) is 120 cm³/mol. The predicted octanol–water partition coefficient (Wildman–Crippen LogP) is 4.01. The number of carbonyl (C=O) groups excluding carboxylic acids is 3. The Bertz CT molecular complexity index is 1040. The number of para-hydroxylation sites is 2. The van der Waals surface area contributed by atoms with E-state index in [-0.39, 0.29) is 23.7 Å². The summed E-state index contributed by atoms with van der Waals surface area (Å²) in [6, 6.07) is 10.3. The zero-order valence-corrected chi connectivity index (χ0v) is 18.7. The number of piperidine rings is 1. The number of nitrogens with one attached hydrogen (secondary N) is 1. The van der Waals surface area contributed by atoms with E-state index in [0.717, 1.165) is 25.3 Å². The number of Topliss-reactive ketones (excluding diaryl/α,β-unsaturated/α-hetero) is 1. The minimum atomic E-state index is -3.25. The van der Waals surface area contributed by atoms with E-state index in [1.165, 1.54) is 24.1 Å². The van der Waals surface area contributed by atoms with Gasteiger partial charge in [-0.3, -0.25) is 14.5 Å². The lowest BCUT2D eigenvalue weighted by atomic mass is 10.1. The van der Waals surface area contributed by atoms with Crippen LogP contribution in [-0.2, 0) is 11.3 Å². The number of alkyl halides is 2. The molecule has 0 aliphatic carbocycles. The average Bonchev–Trinajstić information content (AvgIpc) is 2.86. The van der Waals surface area contributed by atoms with E-state index in [0.29, 0.717) is 24.5 Å². The molecule has 10 heteroatoms. The highest BCUT2D eigenvalue weighted by atomic mass is 19.3. The van der Waals surface area contributed by atoms with Crippen molar-refractivity contribution in [3.8, 4) is 5.75 Å². The molecule has 1 heterocycles. The number of anilines is 1. The first-order chi connectivity index (χ1) is 16.3. The molecule has 1 aliphatic rings. The molecule has 0 aromatic heterocycles. The topological polar surface area (TPSA) is 79.0 Å². The molecule has 182 valence electrons. The summed E-state index contributed by atoms with van der Waals surface area (Å²) in [5.74, 6) is -2.58. The summed E-state index contributed by atoms with van der Waals surface area (Å²) < 4.78 is 44.9. The highest BCUT2D eigenvalue weighted by Gasteiger charge is 2.27. The first-order valence-corrected chi connectivity index (χ1v) is 10.9. The van der Waals surface area contributed by atoms with Gasteiger partial charge in [0.05, 0.1) is 25.9 Å². The van der Waals surface area contributed by atoms with Crippen molar-refractivity contribution < 1.29 is 32.3 Å². The molecule has 1 N–H and O–H groups in total. The summed E-state index contributed by atoms with van der Waals surface area (Å²) in [6.07, 6.45) is -0.428. The Kier molecular flexibility index (Phi) is 8.50. The number of carbonyl (C=O) groups is 3. The normalized spacial score (nSPS) is 13.5. The third-order valence-corrected chi connectivity index (χ3v) is 5.56. The highest BCUT2D eigenvalue weighted by Crippen LogP contribution is 2.31. The maximum Gasteiger partial charge on any atom is 0.324 e. The summed E-state index contributed by atoms with van der Waals surface area (Å²) >= 11 is 0. The van der Waals surface area contributed by atoms with E-state index in [4.69, 9.17) is 4.74 Å². The van der Waals surface area contributed by atoms with Crippen molar-refractivity contribution in [1.82, 2.24) is 10.2 Å². The third kappa shape index (κ3) is 6.06. The van der Waals surface area contributed by atoms with Crippen LogP contribution in [0.5, 0.6) is 5.75 Å². The summed E-state index contributed by atoms with van der Waals surface area (Å²) in [5.41, 5.74) is 0.557. The van der Waals surface area contributed by atoms with Crippen molar-refractivity contribution in [2.75, 3.05) is 31.6 Å². The number of nitrogens with zero attached hydrogens (tertiary/aromatic N) is 2. The maximum atomic E-state index is 15.0. The lowest BCUT2D eigenvalue weighted by molar-refractivity contribution is -0.131. The van der Waals surface area contributed by atoms with Crippen molar-refractivity contribution in [3.05, 3.63) is 59.4 Å². The number of hydrogen-bond donors (Lipinski definition) is 1. The number of benzene rings is 2. The SMILES string of the molecule is COc1ccccc1N(Cc1ccc(C(=O)CNC(=O)C(F)F)cc1F)C(=O)N1CCCCC1. The van der Waals surface area contributed by atoms with Crippen molar-refractivity contribution >= 4 is 23.4 Å². The van der Waals surface area contributed by atoms with Crippen LogP contribution in [0.25, 0.3) is 0 Å². The van der Waals surface area contributed by atoms with Crippen molar-refractivity contribution in [2.24, 2.45) is 0 Å². The molecular formula is C24H26F3N3O4. The summed E-state index contributed by atoms with van der Waals surface area (Å²) in [4.78, 5) is 39.7. The number of hydrogen-bond acceptors (Lipinski definition) is 4. The standard InChI is InChI=1S/C24H26F3N3O4/c1-34-21-8-4-3-7-19(21)30(24(33)29-11-5-2-6-12-29)15-17-10-9-16(13-18(17)25)20(31)14-28-23(32)22(26)27/h3-4,7-10,13,22H,2,5-6,11-12,14-15H2,1H3,(H,28,32). The van der Waals surface area contributed by atoms with E-state index in [9.17, 15) is 27.6 Å². The fourth-order valence-corrected chi connectivity index (χ4v) is 3.73. The average molecular weight is 477 g/mol. The van der Waals surface area contributed by atoms with E-state index in [1.807, 2.05) is 0 Å². The van der Waals surface area contributed by atoms with Gasteiger partial charge in [0.15, 0.2) is 5.78 Å². The molecule has 1 aliphatic heterocycles. The first kappa shape index (κ1) is 25.1. The molecule has 7 nitrogen and oxygen atoms in total. The van der Waals surface area contributed by atoms with Crippen LogP contribution in [-0.4, -0.2) is 55.8 Å². The van der Waals surface area contributed by atoms with E-state index in [1.54, 1.807) is 34.5 Å². The Morgan fingerprint density at radius 1 is 1.09 bits per heavy atom. The van der Waals surface area contributed by atoms with Crippen molar-refractivity contribution in [1.29, 1.82) is 0 Å². The van der Waals surface area contributed by atoms with E-state index < -0.39 is 30.5 Å². The lowest BCUT2D eigenvalue weighted by Crippen LogP contribution is -2.45. The minimum Gasteiger partial charge on any atom is -0.495 e. The van der Waals surface area contributed by atoms with Gasteiger partial charge in [-0.1, -0.05) is 24.3 Å². The van der Waals surface area contributed by atoms with Gasteiger partial charge in [-0.25, -0.2) is 9.18 Å². The van der Waals surface area contributed by atoms with Crippen LogP contribution >= 0.6 is 0 Å². The molecule has 0 radical (unpaired) electrons. The zero-order chi connectivity index (χ0) is 24.7. The third-order valence-electron chi connectivity index (χ3n) is 5.56. The Morgan fingerprint density at radius 3 is 2.44 bits per heavy atom. The Hall–Kier alpha value is -3.56. The fraction of sp³-hybridized carbons (Fsp3) is 0.375. The second-order valence-corrected chi connectivity index (χ2v) is 7.84. The molecule has 0 unspecified atom stereocenters. The minimum absolute atomic E-state index is 0.0815. The van der Waals surface area contributed by atoms with Gasteiger partial charge in [-0.2, -0.15) is 8.78 Å². The van der Waals surface area contributed by atoms with Gasteiger partial charge in [-0.05, 0) is 37.5 Å². The largest absolute Gasteiger partial charge is 0.495 e. The second kappa shape index (κ2) is 11.5. The van der Waals surface area contributed by atoms with Crippen LogP contribution in [0.3, 0.4) is 0 Å². The van der Waals surface area contributed by atoms with Gasteiger partial charge in [0.25, 0.3) is 5.91 Å². The molecule has 0 bridgehead atoms. The molecule has 2 aromatic carbocycles. The van der Waals surface area contributed by atoms with Gasteiger partial charge in [0, 0.05) is 24.2 Å². The number of likely N-dealkylation sites (tertiary alicyclic amines) is 1. The number of urea groups is 1. The zero-order valence-electron chi connectivity index (χ0n) is 18.7. The van der Waals surface area contributed by atoms with Crippen LogP contribution in [0, 0.1) is 5.82 Å². The summed E-state index contributed by atoms with van der Waals surface area (Å²) in [5, 5.41) is 1.80. The maximum absolute atomic E-state index is 15.0. The summed E-state index contributed by atoms with van der Waals surface area (Å²) in [7, 11) is 1.48. The number of methoxy groups -OCH3 is 1. The number of ketones is 1. The van der Waals surface area contributed by atoms with Crippen molar-refractivity contribution in [3.63, 3.8) is 0 Å². The van der Waals surface area contributed by atoms with Gasteiger partial charge in [0.1, 0.15) is 11.6 Å². The van der Waals surface area contributed by atoms with Gasteiger partial charge >= 0.3 is 12.5 Å². The van der Waals surface area contributed by atoms with Gasteiger partial charge in [0.2, 0.25) is 0 Å². The number of ether oxygens (including phenoxy) is 1. The molecule has 3 rings (SSSR count). The molecule has 34 heavy (non-hydrogen) atoms.